The van der Waals surface area contributed by atoms with Crippen LogP contribution in [0.15, 0.2) is 0 Å². The molecule has 46 valence electrons. The maximum absolute atomic E-state index is 5.02. The van der Waals surface area contributed by atoms with Gasteiger partial charge in [0.25, 0.3) is 0 Å². The molecule has 0 saturated carbocycles. The van der Waals surface area contributed by atoms with Gasteiger partial charge < -0.3 is 14.2 Å². The number of hydrogen-bond donors (Lipinski definition) is 1. The summed E-state index contributed by atoms with van der Waals surface area (Å²) in [6.07, 6.45) is 0. The third kappa shape index (κ3) is 2.42. The van der Waals surface area contributed by atoms with E-state index < -0.39 is 0 Å². The van der Waals surface area contributed by atoms with Crippen molar-refractivity contribution in [1.82, 2.24) is 5.32 Å². The van der Waals surface area contributed by atoms with E-state index >= 15 is 0 Å². The molecule has 8 heavy (non-hydrogen) atoms. The summed E-state index contributed by atoms with van der Waals surface area (Å²) in [7, 11) is 0.250. The Balaban J connectivity index is 2.00. The lowest BCUT2D eigenvalue weighted by molar-refractivity contribution is 0.201. The van der Waals surface area contributed by atoms with Crippen LogP contribution in [0.4, 0.5) is 0 Å². The first-order valence-electron chi connectivity index (χ1n) is 2.69. The van der Waals surface area contributed by atoms with Crippen molar-refractivity contribution >= 4 is 10.0 Å². The molecule has 1 aliphatic rings. The Labute approximate surface area is 51.4 Å². The van der Waals surface area contributed by atoms with Crippen LogP contribution in [0, 0.1) is 0 Å². The molecule has 1 rings (SSSR count). The maximum atomic E-state index is 5.02. The summed E-state index contributed by atoms with van der Waals surface area (Å²) in [5.74, 6) is 0. The fourth-order valence-corrected chi connectivity index (χ4v) is 0.951. The van der Waals surface area contributed by atoms with E-state index in [9.17, 15) is 0 Å². The summed E-state index contributed by atoms with van der Waals surface area (Å²) in [5.41, 5.74) is 0. The highest BCUT2D eigenvalue weighted by atomic mass is 28.3. The second kappa shape index (κ2) is 4.02. The Morgan fingerprint density at radius 2 is 1.75 bits per heavy atom. The number of nitrogens with one attached hydrogen (secondary N) is 1. The Morgan fingerprint density at radius 3 is 2.38 bits per heavy atom. The van der Waals surface area contributed by atoms with Gasteiger partial charge in [-0.15, -0.1) is 0 Å². The Morgan fingerprint density at radius 1 is 1.12 bits per heavy atom. The van der Waals surface area contributed by atoms with Crippen LogP contribution in [-0.2, 0) is 8.85 Å². The molecule has 0 aromatic rings. The minimum atomic E-state index is 0.250. The standard InChI is InChI=1S/C4H9NO2Si/c1-3-6-8-7-4-2-5-1/h5H,1-4H2. The monoisotopic (exact) mass is 131 g/mol. The van der Waals surface area contributed by atoms with Crippen molar-refractivity contribution in [1.29, 1.82) is 0 Å². The molecule has 2 radical (unpaired) electrons. The quantitative estimate of drug-likeness (QED) is 0.435. The maximum Gasteiger partial charge on any atom is 0.433 e. The first-order valence-corrected chi connectivity index (χ1v) is 3.51. The molecule has 0 spiro atoms. The van der Waals surface area contributed by atoms with Gasteiger partial charge in [-0.1, -0.05) is 0 Å². The lowest BCUT2D eigenvalue weighted by Gasteiger charge is -2.09. The molecule has 1 aliphatic heterocycles. The first-order chi connectivity index (χ1) is 4.00. The van der Waals surface area contributed by atoms with E-state index in [0.717, 1.165) is 26.3 Å². The average Bonchev–Trinajstić information content (AvgIpc) is 1.62. The van der Waals surface area contributed by atoms with Crippen molar-refractivity contribution in [2.24, 2.45) is 0 Å². The van der Waals surface area contributed by atoms with Crippen LogP contribution in [0.3, 0.4) is 0 Å². The van der Waals surface area contributed by atoms with E-state index in [2.05, 4.69) is 5.32 Å². The predicted molar refractivity (Wildman–Crippen MR) is 30.5 cm³/mol. The molecular weight excluding hydrogens is 122 g/mol. The van der Waals surface area contributed by atoms with Gasteiger partial charge in [0.2, 0.25) is 0 Å². The summed E-state index contributed by atoms with van der Waals surface area (Å²) in [6, 6.07) is 0. The fraction of sp³-hybridized carbons (Fsp3) is 1.00. The zero-order valence-electron chi connectivity index (χ0n) is 4.64. The highest BCUT2D eigenvalue weighted by molar-refractivity contribution is 6.17. The molecule has 0 aliphatic carbocycles. The van der Waals surface area contributed by atoms with Crippen molar-refractivity contribution in [3.8, 4) is 0 Å². The Kier molecular flexibility index (Phi) is 3.13. The fourth-order valence-electron chi connectivity index (χ4n) is 0.496. The molecule has 1 heterocycles. The molecule has 0 bridgehead atoms. The molecule has 0 atom stereocenters. The molecule has 1 saturated heterocycles. The number of rotatable bonds is 0. The van der Waals surface area contributed by atoms with Crippen molar-refractivity contribution in [2.75, 3.05) is 26.3 Å². The van der Waals surface area contributed by atoms with Crippen molar-refractivity contribution in [2.45, 2.75) is 0 Å². The molecule has 1 N–H and O–H groups in total. The van der Waals surface area contributed by atoms with Crippen molar-refractivity contribution in [3.63, 3.8) is 0 Å². The van der Waals surface area contributed by atoms with E-state index in [1.54, 1.807) is 0 Å². The largest absolute Gasteiger partial charge is 0.433 e. The number of hydrogen-bond acceptors (Lipinski definition) is 3. The molecule has 0 aromatic carbocycles. The van der Waals surface area contributed by atoms with E-state index in [4.69, 9.17) is 8.85 Å². The van der Waals surface area contributed by atoms with E-state index in [1.165, 1.54) is 0 Å². The van der Waals surface area contributed by atoms with Gasteiger partial charge in [-0.25, -0.2) is 0 Å². The molecule has 0 amide bonds. The molecule has 3 nitrogen and oxygen atoms in total. The molecule has 0 unspecified atom stereocenters. The predicted octanol–water partition coefficient (Wildman–Crippen LogP) is -0.843. The zero-order chi connectivity index (χ0) is 5.66. The topological polar surface area (TPSA) is 30.5 Å². The van der Waals surface area contributed by atoms with E-state index in [0.29, 0.717) is 0 Å². The van der Waals surface area contributed by atoms with Gasteiger partial charge in [0.1, 0.15) is 0 Å². The average molecular weight is 131 g/mol. The van der Waals surface area contributed by atoms with Gasteiger partial charge >= 0.3 is 10.0 Å². The highest BCUT2D eigenvalue weighted by Crippen LogP contribution is 1.77. The van der Waals surface area contributed by atoms with Crippen molar-refractivity contribution < 1.29 is 8.85 Å². The second-order valence-corrected chi connectivity index (χ2v) is 2.27. The summed E-state index contributed by atoms with van der Waals surface area (Å²) in [6.45, 7) is 3.46. The molecule has 1 fully saturated rings. The van der Waals surface area contributed by atoms with Crippen LogP contribution in [0.1, 0.15) is 0 Å². The molecule has 4 heteroatoms. The van der Waals surface area contributed by atoms with Gasteiger partial charge in [-0.3, -0.25) is 0 Å². The molecule has 0 aromatic heterocycles. The lowest BCUT2D eigenvalue weighted by Crippen LogP contribution is -2.29. The van der Waals surface area contributed by atoms with Crippen LogP contribution in [0.25, 0.3) is 0 Å². The normalized spacial score (nSPS) is 24.0. The van der Waals surface area contributed by atoms with Crippen LogP contribution in [0.2, 0.25) is 0 Å². The smallest absolute Gasteiger partial charge is 0.391 e. The van der Waals surface area contributed by atoms with Crippen molar-refractivity contribution in [3.05, 3.63) is 0 Å². The SMILES string of the molecule is C1CO[Si]OCCN1. The van der Waals surface area contributed by atoms with Crippen LogP contribution < -0.4 is 5.32 Å². The summed E-state index contributed by atoms with van der Waals surface area (Å²) in [5, 5.41) is 3.14. The minimum Gasteiger partial charge on any atom is -0.391 e. The van der Waals surface area contributed by atoms with Crippen LogP contribution in [-0.4, -0.2) is 36.3 Å². The van der Waals surface area contributed by atoms with Gasteiger partial charge in [-0.2, -0.15) is 0 Å². The summed E-state index contributed by atoms with van der Waals surface area (Å²) < 4.78 is 10.0. The zero-order valence-corrected chi connectivity index (χ0v) is 5.64. The van der Waals surface area contributed by atoms with Gasteiger partial charge in [0.05, 0.1) is 0 Å². The second-order valence-electron chi connectivity index (χ2n) is 1.53. The third-order valence-electron chi connectivity index (χ3n) is 0.880. The summed E-state index contributed by atoms with van der Waals surface area (Å²) >= 11 is 0. The van der Waals surface area contributed by atoms with Gasteiger partial charge in [0.15, 0.2) is 0 Å². The third-order valence-corrected chi connectivity index (χ3v) is 1.52. The van der Waals surface area contributed by atoms with Gasteiger partial charge in [-0.05, 0) is 0 Å². The Bertz CT molecular complexity index is 38.0. The summed E-state index contributed by atoms with van der Waals surface area (Å²) in [4.78, 5) is 0. The van der Waals surface area contributed by atoms with Crippen LogP contribution >= 0.6 is 0 Å². The highest BCUT2D eigenvalue weighted by Gasteiger charge is 1.96. The molecular formula is C4H9NO2Si. The van der Waals surface area contributed by atoms with Gasteiger partial charge in [0, 0.05) is 26.3 Å². The van der Waals surface area contributed by atoms with E-state index in [-0.39, 0.29) is 10.0 Å². The Hall–Kier alpha value is 0.0969. The minimum absolute atomic E-state index is 0.250. The lowest BCUT2D eigenvalue weighted by atomic mass is 10.6. The van der Waals surface area contributed by atoms with E-state index in [1.807, 2.05) is 0 Å². The first kappa shape index (κ1) is 6.22. The van der Waals surface area contributed by atoms with Crippen LogP contribution in [0.5, 0.6) is 0 Å².